The Labute approximate surface area is 126 Å². The highest BCUT2D eigenvalue weighted by atomic mass is 16.6. The van der Waals surface area contributed by atoms with E-state index in [4.69, 9.17) is 9.47 Å². The van der Waals surface area contributed by atoms with E-state index in [0.717, 1.165) is 5.52 Å². The fourth-order valence-corrected chi connectivity index (χ4v) is 2.38. The second-order valence-corrected chi connectivity index (χ2v) is 4.87. The number of H-pyrrole nitrogens is 1. The lowest BCUT2D eigenvalue weighted by Crippen LogP contribution is -2.11. The molecule has 0 atom stereocenters. The second kappa shape index (κ2) is 5.89. The van der Waals surface area contributed by atoms with E-state index in [9.17, 15) is 9.59 Å². The topological polar surface area (TPSA) is 68.4 Å². The third kappa shape index (κ3) is 2.65. The highest BCUT2D eigenvalue weighted by Gasteiger charge is 2.09. The van der Waals surface area contributed by atoms with E-state index in [2.05, 4.69) is 4.98 Å². The number of aromatic nitrogens is 1. The molecule has 0 saturated heterocycles. The second-order valence-electron chi connectivity index (χ2n) is 4.87. The van der Waals surface area contributed by atoms with Gasteiger partial charge in [0.2, 0.25) is 0 Å². The zero-order chi connectivity index (χ0) is 15.5. The lowest BCUT2D eigenvalue weighted by atomic mass is 10.1. The van der Waals surface area contributed by atoms with Crippen LogP contribution in [0, 0.1) is 0 Å². The van der Waals surface area contributed by atoms with Gasteiger partial charge in [0.15, 0.2) is 5.43 Å². The Kier molecular flexibility index (Phi) is 3.78. The standard InChI is InChI=1S/C17H15NO4/c1-11(19)21-9-10-22-15-8-4-6-13-16(15)18-14-7-3-2-5-12(14)17(13)20/h2-8H,9-10H2,1H3,(H,18,20). The van der Waals surface area contributed by atoms with Gasteiger partial charge in [-0.25, -0.2) is 0 Å². The maximum absolute atomic E-state index is 12.5. The average molecular weight is 297 g/mol. The number of rotatable bonds is 4. The minimum absolute atomic E-state index is 0.0326. The molecule has 5 heteroatoms. The summed E-state index contributed by atoms with van der Waals surface area (Å²) in [6.07, 6.45) is 0. The highest BCUT2D eigenvalue weighted by molar-refractivity contribution is 5.95. The summed E-state index contributed by atoms with van der Waals surface area (Å²) in [4.78, 5) is 26.5. The molecule has 0 saturated carbocycles. The van der Waals surface area contributed by atoms with Crippen molar-refractivity contribution in [3.63, 3.8) is 0 Å². The van der Waals surface area contributed by atoms with Gasteiger partial charge in [0.1, 0.15) is 19.0 Å². The van der Waals surface area contributed by atoms with Crippen molar-refractivity contribution in [1.29, 1.82) is 0 Å². The summed E-state index contributed by atoms with van der Waals surface area (Å²) < 4.78 is 10.5. The molecule has 5 nitrogen and oxygen atoms in total. The van der Waals surface area contributed by atoms with Gasteiger partial charge in [-0.1, -0.05) is 18.2 Å². The molecule has 0 aliphatic heterocycles. The molecule has 1 heterocycles. The lowest BCUT2D eigenvalue weighted by molar-refractivity contribution is -0.141. The van der Waals surface area contributed by atoms with E-state index in [1.165, 1.54) is 6.92 Å². The Bertz CT molecular complexity index is 898. The molecule has 0 radical (unpaired) electrons. The molecule has 3 rings (SSSR count). The van der Waals surface area contributed by atoms with E-state index in [0.29, 0.717) is 22.0 Å². The zero-order valence-corrected chi connectivity index (χ0v) is 12.1. The van der Waals surface area contributed by atoms with Crippen LogP contribution in [0.4, 0.5) is 0 Å². The number of aromatic amines is 1. The van der Waals surface area contributed by atoms with Crippen LogP contribution in [-0.4, -0.2) is 24.2 Å². The van der Waals surface area contributed by atoms with Crippen molar-refractivity contribution in [1.82, 2.24) is 4.98 Å². The molecule has 22 heavy (non-hydrogen) atoms. The number of pyridine rings is 1. The van der Waals surface area contributed by atoms with Gasteiger partial charge in [0.25, 0.3) is 0 Å². The fourth-order valence-electron chi connectivity index (χ4n) is 2.38. The number of hydrogen-bond donors (Lipinski definition) is 1. The van der Waals surface area contributed by atoms with E-state index < -0.39 is 0 Å². The Morgan fingerprint density at radius 1 is 1.05 bits per heavy atom. The lowest BCUT2D eigenvalue weighted by Gasteiger charge is -2.10. The van der Waals surface area contributed by atoms with Crippen LogP contribution < -0.4 is 10.2 Å². The van der Waals surface area contributed by atoms with Gasteiger partial charge in [-0.3, -0.25) is 9.59 Å². The third-order valence-electron chi connectivity index (χ3n) is 3.35. The summed E-state index contributed by atoms with van der Waals surface area (Å²) in [5.41, 5.74) is 1.37. The number of benzene rings is 2. The largest absolute Gasteiger partial charge is 0.488 e. The molecule has 112 valence electrons. The number of fused-ring (bicyclic) bond motifs is 2. The Hall–Kier alpha value is -2.82. The summed E-state index contributed by atoms with van der Waals surface area (Å²) in [5, 5.41) is 1.22. The highest BCUT2D eigenvalue weighted by Crippen LogP contribution is 2.23. The first kappa shape index (κ1) is 14.1. The molecule has 0 bridgehead atoms. The quantitative estimate of drug-likeness (QED) is 0.456. The van der Waals surface area contributed by atoms with Crippen molar-refractivity contribution < 1.29 is 14.3 Å². The van der Waals surface area contributed by atoms with Gasteiger partial charge in [-0.2, -0.15) is 0 Å². The summed E-state index contributed by atoms with van der Waals surface area (Å²) in [6, 6.07) is 12.7. The van der Waals surface area contributed by atoms with Gasteiger partial charge in [-0.15, -0.1) is 0 Å². The van der Waals surface area contributed by atoms with Crippen LogP contribution in [0.25, 0.3) is 21.8 Å². The molecular weight excluding hydrogens is 282 g/mol. The van der Waals surface area contributed by atoms with Crippen LogP contribution in [0.15, 0.2) is 47.3 Å². The van der Waals surface area contributed by atoms with Crippen LogP contribution in [0.5, 0.6) is 5.75 Å². The minimum atomic E-state index is -0.346. The molecule has 0 spiro atoms. The summed E-state index contributed by atoms with van der Waals surface area (Å²) >= 11 is 0. The van der Waals surface area contributed by atoms with E-state index in [1.807, 2.05) is 18.2 Å². The molecule has 0 aliphatic carbocycles. The molecule has 3 aromatic rings. The number of carbonyl (C=O) groups excluding carboxylic acids is 1. The minimum Gasteiger partial charge on any atom is -0.488 e. The zero-order valence-electron chi connectivity index (χ0n) is 12.1. The maximum atomic E-state index is 12.5. The van der Waals surface area contributed by atoms with Crippen molar-refractivity contribution in [3.05, 3.63) is 52.7 Å². The monoisotopic (exact) mass is 297 g/mol. The van der Waals surface area contributed by atoms with Crippen LogP contribution in [0.1, 0.15) is 6.92 Å². The first-order valence-electron chi connectivity index (χ1n) is 6.97. The smallest absolute Gasteiger partial charge is 0.302 e. The first-order chi connectivity index (χ1) is 10.7. The molecule has 1 N–H and O–H groups in total. The predicted molar refractivity (Wildman–Crippen MR) is 84.2 cm³/mol. The maximum Gasteiger partial charge on any atom is 0.302 e. The first-order valence-corrected chi connectivity index (χ1v) is 6.97. The van der Waals surface area contributed by atoms with Crippen molar-refractivity contribution >= 4 is 27.8 Å². The van der Waals surface area contributed by atoms with Crippen LogP contribution >= 0.6 is 0 Å². The number of para-hydroxylation sites is 2. The molecule has 0 unspecified atom stereocenters. The van der Waals surface area contributed by atoms with Crippen LogP contribution in [-0.2, 0) is 9.53 Å². The van der Waals surface area contributed by atoms with Crippen LogP contribution in [0.3, 0.4) is 0 Å². The molecular formula is C17H15NO4. The third-order valence-corrected chi connectivity index (χ3v) is 3.35. The van der Waals surface area contributed by atoms with E-state index in [-0.39, 0.29) is 24.6 Å². The Morgan fingerprint density at radius 3 is 2.64 bits per heavy atom. The van der Waals surface area contributed by atoms with Crippen molar-refractivity contribution in [3.8, 4) is 5.75 Å². The predicted octanol–water partition coefficient (Wildman–Crippen LogP) is 2.62. The molecule has 1 aromatic heterocycles. The number of carbonyl (C=O) groups is 1. The normalized spacial score (nSPS) is 10.8. The summed E-state index contributed by atoms with van der Waals surface area (Å²) in [6.45, 7) is 1.75. The molecule has 0 fully saturated rings. The Morgan fingerprint density at radius 2 is 1.82 bits per heavy atom. The van der Waals surface area contributed by atoms with Crippen molar-refractivity contribution in [2.24, 2.45) is 0 Å². The molecule has 0 amide bonds. The fraction of sp³-hybridized carbons (Fsp3) is 0.176. The van der Waals surface area contributed by atoms with Crippen molar-refractivity contribution in [2.45, 2.75) is 6.92 Å². The number of hydrogen-bond acceptors (Lipinski definition) is 4. The van der Waals surface area contributed by atoms with Gasteiger partial charge in [0, 0.05) is 23.2 Å². The van der Waals surface area contributed by atoms with Gasteiger partial charge >= 0.3 is 5.97 Å². The molecule has 0 aliphatic rings. The summed E-state index contributed by atoms with van der Waals surface area (Å²) in [5.74, 6) is 0.216. The SMILES string of the molecule is CC(=O)OCCOc1cccc2c(=O)c3ccccc3[nH]c12. The molecule has 2 aromatic carbocycles. The number of nitrogens with one attached hydrogen (secondary N) is 1. The van der Waals surface area contributed by atoms with E-state index in [1.54, 1.807) is 24.3 Å². The van der Waals surface area contributed by atoms with Gasteiger partial charge in [0.05, 0.1) is 5.52 Å². The average Bonchev–Trinajstić information content (AvgIpc) is 2.52. The Balaban J connectivity index is 2.01. The number of esters is 1. The van der Waals surface area contributed by atoms with Crippen molar-refractivity contribution in [2.75, 3.05) is 13.2 Å². The summed E-state index contributed by atoms with van der Waals surface area (Å²) in [7, 11) is 0. The van der Waals surface area contributed by atoms with Gasteiger partial charge < -0.3 is 14.5 Å². The van der Waals surface area contributed by atoms with Gasteiger partial charge in [-0.05, 0) is 24.3 Å². The van der Waals surface area contributed by atoms with E-state index >= 15 is 0 Å². The van der Waals surface area contributed by atoms with Crippen LogP contribution in [0.2, 0.25) is 0 Å². The number of ether oxygens (including phenoxy) is 2.